The molecule has 0 spiro atoms. The van der Waals surface area contributed by atoms with Crippen LogP contribution in [-0.4, -0.2) is 0 Å². The molecule has 0 aliphatic heterocycles. The van der Waals surface area contributed by atoms with Gasteiger partial charge in [-0.3, -0.25) is 0 Å². The molecule has 0 radical (unpaired) electrons. The van der Waals surface area contributed by atoms with Gasteiger partial charge in [-0.15, -0.1) is 0 Å². The van der Waals surface area contributed by atoms with Crippen molar-refractivity contribution in [3.05, 3.63) is 64.6 Å². The van der Waals surface area contributed by atoms with Crippen LogP contribution < -0.4 is 0 Å². The van der Waals surface area contributed by atoms with E-state index in [4.69, 9.17) is 4.42 Å². The summed E-state index contributed by atoms with van der Waals surface area (Å²) in [5.41, 5.74) is 5.54. The summed E-state index contributed by atoms with van der Waals surface area (Å²) < 4.78 is 6.42. The van der Waals surface area contributed by atoms with Gasteiger partial charge in [-0.25, -0.2) is 4.42 Å². The molecule has 2 aliphatic carbocycles. The zero-order chi connectivity index (χ0) is 14.8. The summed E-state index contributed by atoms with van der Waals surface area (Å²) in [7, 11) is 0. The van der Waals surface area contributed by atoms with E-state index in [-0.39, 0.29) is 0 Å². The predicted octanol–water partition coefficient (Wildman–Crippen LogP) is 5.71. The first kappa shape index (κ1) is 13.8. The number of hydrogen-bond donors (Lipinski definition) is 0. The zero-order valence-corrected chi connectivity index (χ0v) is 13.1. The second-order valence-electron chi connectivity index (χ2n) is 6.54. The van der Waals surface area contributed by atoms with Gasteiger partial charge in [0.05, 0.1) is 23.1 Å². The van der Waals surface area contributed by atoms with Gasteiger partial charge in [-0.1, -0.05) is 36.8 Å². The lowest BCUT2D eigenvalue weighted by Crippen LogP contribution is -2.05. The summed E-state index contributed by atoms with van der Waals surface area (Å²) in [5.74, 6) is 2.41. The van der Waals surface area contributed by atoms with Crippen LogP contribution in [0.15, 0.2) is 40.8 Å². The first-order valence-electron chi connectivity index (χ1n) is 8.64. The quantitative estimate of drug-likeness (QED) is 0.484. The molecule has 0 amide bonds. The van der Waals surface area contributed by atoms with Crippen LogP contribution in [0.25, 0.3) is 11.6 Å². The average molecular weight is 291 g/mol. The van der Waals surface area contributed by atoms with Gasteiger partial charge in [-0.2, -0.15) is 0 Å². The van der Waals surface area contributed by atoms with Crippen LogP contribution in [0.2, 0.25) is 0 Å². The molecule has 1 aromatic heterocycles. The Labute approximate surface area is 132 Å². The minimum atomic E-state index is 1.11. The van der Waals surface area contributed by atoms with Gasteiger partial charge in [0.1, 0.15) is 0 Å². The Morgan fingerprint density at radius 2 is 1.59 bits per heavy atom. The maximum Gasteiger partial charge on any atom is 0.359 e. The zero-order valence-electron chi connectivity index (χ0n) is 13.1. The van der Waals surface area contributed by atoms with Crippen molar-refractivity contribution in [3.8, 4) is 0 Å². The SMILES string of the molecule is C(=C1/CCCc2cc3c([o+]c21)CCCCC3)/c1ccccc1. The third kappa shape index (κ3) is 2.72. The van der Waals surface area contributed by atoms with Crippen LogP contribution in [0, 0.1) is 0 Å². The molecule has 1 aromatic carbocycles. The Morgan fingerprint density at radius 1 is 0.773 bits per heavy atom. The van der Waals surface area contributed by atoms with Crippen molar-refractivity contribution in [2.24, 2.45) is 0 Å². The Kier molecular flexibility index (Phi) is 3.80. The normalized spacial score (nSPS) is 19.4. The van der Waals surface area contributed by atoms with E-state index in [1.807, 2.05) is 0 Å². The summed E-state index contributed by atoms with van der Waals surface area (Å²) >= 11 is 0. The lowest BCUT2D eigenvalue weighted by molar-refractivity contribution is 0.458. The van der Waals surface area contributed by atoms with Gasteiger partial charge < -0.3 is 0 Å². The number of rotatable bonds is 1. The van der Waals surface area contributed by atoms with Crippen molar-refractivity contribution in [1.29, 1.82) is 0 Å². The third-order valence-corrected chi connectivity index (χ3v) is 4.90. The monoisotopic (exact) mass is 291 g/mol. The molecule has 0 fully saturated rings. The van der Waals surface area contributed by atoms with E-state index in [9.17, 15) is 0 Å². The first-order chi connectivity index (χ1) is 10.9. The highest BCUT2D eigenvalue weighted by Crippen LogP contribution is 2.35. The third-order valence-electron chi connectivity index (χ3n) is 4.90. The highest BCUT2D eigenvalue weighted by atomic mass is 16.3. The fraction of sp³-hybridized carbons (Fsp3) is 0.381. The van der Waals surface area contributed by atoms with Crippen LogP contribution in [0.5, 0.6) is 0 Å². The first-order valence-corrected chi connectivity index (χ1v) is 8.64. The van der Waals surface area contributed by atoms with Gasteiger partial charge in [-0.05, 0) is 56.2 Å². The van der Waals surface area contributed by atoms with Crippen molar-refractivity contribution in [2.45, 2.75) is 51.4 Å². The second kappa shape index (κ2) is 6.08. The maximum absolute atomic E-state index is 6.42. The average Bonchev–Trinajstić information content (AvgIpc) is 2.79. The Morgan fingerprint density at radius 3 is 2.50 bits per heavy atom. The molecule has 0 saturated carbocycles. The van der Waals surface area contributed by atoms with Crippen molar-refractivity contribution in [1.82, 2.24) is 0 Å². The van der Waals surface area contributed by atoms with Gasteiger partial charge >= 0.3 is 11.5 Å². The summed E-state index contributed by atoms with van der Waals surface area (Å²) in [6, 6.07) is 13.1. The fourth-order valence-corrected chi connectivity index (χ4v) is 3.74. The van der Waals surface area contributed by atoms with Crippen LogP contribution in [0.3, 0.4) is 0 Å². The standard InChI is InChI=1S/C21H23O/c1-3-8-16(9-4-1)14-18-11-7-12-19-15-17-10-5-2-6-13-20(17)22-21(18)19/h1,3-4,8-9,14-15H,2,5-7,10-13H2/q+1/b18-14+. The van der Waals surface area contributed by atoms with Crippen LogP contribution in [0.4, 0.5) is 0 Å². The fourth-order valence-electron chi connectivity index (χ4n) is 3.74. The summed E-state index contributed by atoms with van der Waals surface area (Å²) in [5, 5.41) is 0. The van der Waals surface area contributed by atoms with Crippen molar-refractivity contribution in [2.75, 3.05) is 0 Å². The molecule has 1 heterocycles. The molecule has 2 aliphatic rings. The van der Waals surface area contributed by atoms with Crippen LogP contribution >= 0.6 is 0 Å². The minimum Gasteiger partial charge on any atom is -0.212 e. The second-order valence-corrected chi connectivity index (χ2v) is 6.54. The number of hydrogen-bond acceptors (Lipinski definition) is 0. The maximum atomic E-state index is 6.42. The topological polar surface area (TPSA) is 11.3 Å². The molecule has 22 heavy (non-hydrogen) atoms. The van der Waals surface area contributed by atoms with E-state index >= 15 is 0 Å². The van der Waals surface area contributed by atoms with Crippen molar-refractivity contribution >= 4 is 11.6 Å². The summed E-state index contributed by atoms with van der Waals surface area (Å²) in [6.07, 6.45) is 12.1. The molecule has 112 valence electrons. The van der Waals surface area contributed by atoms with E-state index in [0.29, 0.717) is 0 Å². The summed E-state index contributed by atoms with van der Waals surface area (Å²) in [4.78, 5) is 0. The van der Waals surface area contributed by atoms with Crippen molar-refractivity contribution in [3.63, 3.8) is 0 Å². The van der Waals surface area contributed by atoms with E-state index in [0.717, 1.165) is 25.0 Å². The van der Waals surface area contributed by atoms with E-state index in [2.05, 4.69) is 42.5 Å². The van der Waals surface area contributed by atoms with Gasteiger partial charge in [0.25, 0.3) is 0 Å². The predicted molar refractivity (Wildman–Crippen MR) is 91.6 cm³/mol. The molecule has 2 aromatic rings. The molecule has 0 N–H and O–H groups in total. The highest BCUT2D eigenvalue weighted by Gasteiger charge is 2.30. The molecule has 0 bridgehead atoms. The molecule has 0 saturated heterocycles. The molecule has 0 atom stereocenters. The molecule has 1 nitrogen and oxygen atoms in total. The van der Waals surface area contributed by atoms with E-state index in [1.165, 1.54) is 60.1 Å². The Bertz CT molecular complexity index is 697. The molecular weight excluding hydrogens is 268 g/mol. The lowest BCUT2D eigenvalue weighted by Gasteiger charge is -2.12. The lowest BCUT2D eigenvalue weighted by atomic mass is 9.89. The van der Waals surface area contributed by atoms with Gasteiger partial charge in [0.15, 0.2) is 0 Å². The smallest absolute Gasteiger partial charge is 0.212 e. The molecule has 1 heteroatoms. The van der Waals surface area contributed by atoms with E-state index in [1.54, 1.807) is 0 Å². The van der Waals surface area contributed by atoms with Gasteiger partial charge in [0.2, 0.25) is 0 Å². The number of fused-ring (bicyclic) bond motifs is 2. The van der Waals surface area contributed by atoms with Crippen molar-refractivity contribution < 1.29 is 4.42 Å². The van der Waals surface area contributed by atoms with Gasteiger partial charge in [0, 0.05) is 0 Å². The molecular formula is C21H23O+. The highest BCUT2D eigenvalue weighted by molar-refractivity contribution is 5.81. The number of aryl methyl sites for hydroxylation is 3. The molecule has 0 unspecified atom stereocenters. The summed E-state index contributed by atoms with van der Waals surface area (Å²) in [6.45, 7) is 0. The van der Waals surface area contributed by atoms with E-state index < -0.39 is 0 Å². The van der Waals surface area contributed by atoms with Crippen LogP contribution in [0.1, 0.15) is 60.3 Å². The largest absolute Gasteiger partial charge is 0.359 e. The van der Waals surface area contributed by atoms with Crippen LogP contribution in [-0.2, 0) is 19.3 Å². The Balaban J connectivity index is 1.77. The number of allylic oxidation sites excluding steroid dienone is 1. The number of benzene rings is 1. The molecule has 4 rings (SSSR count). The minimum absolute atomic E-state index is 1.11. The Hall–Kier alpha value is -1.89.